The highest BCUT2D eigenvalue weighted by molar-refractivity contribution is 6.12. The first kappa shape index (κ1) is 13.0. The molecule has 0 radical (unpaired) electrons. The maximum atomic E-state index is 12.1. The number of amides is 2. The summed E-state index contributed by atoms with van der Waals surface area (Å²) >= 11 is 0. The number of Topliss-reactive ketones (excluding diaryl/α,β-unsaturated/α-hetero) is 1. The third-order valence-electron chi connectivity index (χ3n) is 4.16. The first-order valence-electron chi connectivity index (χ1n) is 6.97. The summed E-state index contributed by atoms with van der Waals surface area (Å²) in [6.45, 7) is 4.06. The number of carbonyl (C=O) groups excluding carboxylic acids is 3. The number of rotatable bonds is 4. The molecule has 20 heavy (non-hydrogen) atoms. The lowest BCUT2D eigenvalue weighted by atomic mass is 10.0. The van der Waals surface area contributed by atoms with Crippen molar-refractivity contribution in [2.75, 3.05) is 6.54 Å². The summed E-state index contributed by atoms with van der Waals surface area (Å²) in [5.41, 5.74) is 1.71. The van der Waals surface area contributed by atoms with Crippen LogP contribution in [0.3, 0.4) is 0 Å². The molecule has 1 heterocycles. The molecule has 104 valence electrons. The van der Waals surface area contributed by atoms with Crippen LogP contribution in [-0.4, -0.2) is 29.0 Å². The summed E-state index contributed by atoms with van der Waals surface area (Å²) in [5.74, 6) is -0.396. The van der Waals surface area contributed by atoms with Crippen LogP contribution in [-0.2, 0) is 9.59 Å². The van der Waals surface area contributed by atoms with Crippen LogP contribution >= 0.6 is 0 Å². The van der Waals surface area contributed by atoms with Crippen LogP contribution in [0.25, 0.3) is 0 Å². The summed E-state index contributed by atoms with van der Waals surface area (Å²) in [6, 6.07) is 7.37. The molecule has 1 saturated heterocycles. The van der Waals surface area contributed by atoms with Gasteiger partial charge in [-0.25, -0.2) is 0 Å². The highest BCUT2D eigenvalue weighted by Crippen LogP contribution is 2.46. The fourth-order valence-corrected chi connectivity index (χ4v) is 2.69. The van der Waals surface area contributed by atoms with E-state index in [0.29, 0.717) is 17.9 Å². The first-order valence-corrected chi connectivity index (χ1v) is 6.97. The monoisotopic (exact) mass is 271 g/mol. The predicted molar refractivity (Wildman–Crippen MR) is 73.2 cm³/mol. The molecule has 1 saturated carbocycles. The molecule has 1 aromatic rings. The van der Waals surface area contributed by atoms with Crippen molar-refractivity contribution in [1.29, 1.82) is 0 Å². The van der Waals surface area contributed by atoms with E-state index >= 15 is 0 Å². The molecule has 1 aliphatic carbocycles. The molecule has 2 unspecified atom stereocenters. The Bertz CT molecular complexity index is 568. The zero-order valence-electron chi connectivity index (χ0n) is 11.6. The first-order chi connectivity index (χ1) is 9.49. The van der Waals surface area contributed by atoms with Crippen molar-refractivity contribution in [3.05, 3.63) is 35.4 Å². The van der Waals surface area contributed by atoms with Gasteiger partial charge in [-0.3, -0.25) is 19.3 Å². The molecular formula is C16H17NO3. The van der Waals surface area contributed by atoms with Crippen LogP contribution in [0, 0.1) is 11.8 Å². The molecule has 1 aromatic carbocycles. The summed E-state index contributed by atoms with van der Waals surface area (Å²) in [7, 11) is 0. The van der Waals surface area contributed by atoms with E-state index in [4.69, 9.17) is 0 Å². The van der Waals surface area contributed by atoms with Crippen molar-refractivity contribution < 1.29 is 14.4 Å². The lowest BCUT2D eigenvalue weighted by Gasteiger charge is -2.15. The zero-order chi connectivity index (χ0) is 14.4. The third kappa shape index (κ3) is 2.05. The van der Waals surface area contributed by atoms with Gasteiger partial charge < -0.3 is 0 Å². The highest BCUT2D eigenvalue weighted by Gasteiger charge is 2.58. The molecule has 4 heteroatoms. The van der Waals surface area contributed by atoms with Crippen molar-refractivity contribution in [2.45, 2.75) is 26.2 Å². The second kappa shape index (κ2) is 4.54. The van der Waals surface area contributed by atoms with E-state index in [1.165, 1.54) is 0 Å². The summed E-state index contributed by atoms with van der Waals surface area (Å²) in [4.78, 5) is 36.9. The van der Waals surface area contributed by atoms with Gasteiger partial charge in [-0.05, 0) is 17.9 Å². The zero-order valence-corrected chi connectivity index (χ0v) is 11.6. The average molecular weight is 271 g/mol. The Labute approximate surface area is 117 Å². The molecule has 2 atom stereocenters. The van der Waals surface area contributed by atoms with Gasteiger partial charge in [0.2, 0.25) is 11.8 Å². The fourth-order valence-electron chi connectivity index (χ4n) is 2.69. The second-order valence-corrected chi connectivity index (χ2v) is 5.91. The molecule has 1 aliphatic heterocycles. The van der Waals surface area contributed by atoms with Crippen LogP contribution in [0.15, 0.2) is 24.3 Å². The number of hydrogen-bond acceptors (Lipinski definition) is 3. The number of hydrogen-bond donors (Lipinski definition) is 0. The molecule has 0 spiro atoms. The van der Waals surface area contributed by atoms with Crippen molar-refractivity contribution in [3.8, 4) is 0 Å². The van der Waals surface area contributed by atoms with Gasteiger partial charge in [0.05, 0.1) is 18.4 Å². The van der Waals surface area contributed by atoms with Gasteiger partial charge in [-0.15, -0.1) is 0 Å². The molecular weight excluding hydrogens is 254 g/mol. The summed E-state index contributed by atoms with van der Waals surface area (Å²) in [6.07, 6.45) is 0.672. The Morgan fingerprint density at radius 3 is 2.20 bits per heavy atom. The van der Waals surface area contributed by atoms with Gasteiger partial charge in [0, 0.05) is 5.56 Å². The minimum atomic E-state index is -0.177. The van der Waals surface area contributed by atoms with Crippen LogP contribution in [0.2, 0.25) is 0 Å². The molecule has 2 amide bonds. The van der Waals surface area contributed by atoms with Crippen LogP contribution in [0.1, 0.15) is 42.1 Å². The fraction of sp³-hybridized carbons (Fsp3) is 0.438. The average Bonchev–Trinajstić information content (AvgIpc) is 3.19. The maximum absolute atomic E-state index is 12.1. The smallest absolute Gasteiger partial charge is 0.233 e. The number of piperidine rings is 1. The molecule has 0 bridgehead atoms. The van der Waals surface area contributed by atoms with Gasteiger partial charge >= 0.3 is 0 Å². The SMILES string of the molecule is CC(C)c1ccc(C(=O)CN2C(=O)C3CC3C2=O)cc1. The van der Waals surface area contributed by atoms with Gasteiger partial charge in [0.1, 0.15) is 0 Å². The molecule has 0 N–H and O–H groups in total. The van der Waals surface area contributed by atoms with Crippen molar-refractivity contribution in [1.82, 2.24) is 4.90 Å². The Morgan fingerprint density at radius 2 is 1.70 bits per heavy atom. The summed E-state index contributed by atoms with van der Waals surface area (Å²) < 4.78 is 0. The number of carbonyl (C=O) groups is 3. The minimum Gasteiger partial charge on any atom is -0.292 e. The highest BCUT2D eigenvalue weighted by atomic mass is 16.2. The van der Waals surface area contributed by atoms with Crippen molar-refractivity contribution in [3.63, 3.8) is 0 Å². The Morgan fingerprint density at radius 1 is 1.15 bits per heavy atom. The Kier molecular flexibility index (Phi) is 2.96. The van der Waals surface area contributed by atoms with Crippen LogP contribution < -0.4 is 0 Å². The van der Waals surface area contributed by atoms with E-state index in [1.807, 2.05) is 12.1 Å². The van der Waals surface area contributed by atoms with Crippen LogP contribution in [0.4, 0.5) is 0 Å². The van der Waals surface area contributed by atoms with E-state index in [9.17, 15) is 14.4 Å². The second-order valence-electron chi connectivity index (χ2n) is 5.91. The standard InChI is InChI=1S/C16H17NO3/c1-9(2)10-3-5-11(6-4-10)14(18)8-17-15(19)12-7-13(12)16(17)20/h3-6,9,12-13H,7-8H2,1-2H3. The number of imide groups is 1. The third-order valence-corrected chi connectivity index (χ3v) is 4.16. The van der Waals surface area contributed by atoms with Crippen molar-refractivity contribution in [2.24, 2.45) is 11.8 Å². The lowest BCUT2D eigenvalue weighted by Crippen LogP contribution is -2.37. The molecule has 4 nitrogen and oxygen atoms in total. The molecule has 0 aromatic heterocycles. The van der Waals surface area contributed by atoms with E-state index in [-0.39, 0.29) is 36.0 Å². The van der Waals surface area contributed by atoms with E-state index in [0.717, 1.165) is 10.5 Å². The number of likely N-dealkylation sites (tertiary alicyclic amines) is 1. The van der Waals surface area contributed by atoms with Gasteiger partial charge in [-0.2, -0.15) is 0 Å². The van der Waals surface area contributed by atoms with Gasteiger partial charge in [0.25, 0.3) is 0 Å². The minimum absolute atomic E-state index is 0.119. The number of benzene rings is 1. The normalized spacial score (nSPS) is 24.2. The number of ketones is 1. The largest absolute Gasteiger partial charge is 0.292 e. The molecule has 2 fully saturated rings. The summed E-state index contributed by atoms with van der Waals surface area (Å²) in [5, 5.41) is 0. The van der Waals surface area contributed by atoms with Gasteiger partial charge in [0.15, 0.2) is 5.78 Å². The van der Waals surface area contributed by atoms with E-state index < -0.39 is 0 Å². The predicted octanol–water partition coefficient (Wildman–Crippen LogP) is 2.00. The van der Waals surface area contributed by atoms with E-state index in [2.05, 4.69) is 13.8 Å². The maximum Gasteiger partial charge on any atom is 0.233 e. The lowest BCUT2D eigenvalue weighted by molar-refractivity contribution is -0.140. The molecule has 3 rings (SSSR count). The quantitative estimate of drug-likeness (QED) is 0.621. The number of nitrogens with zero attached hydrogens (tertiary/aromatic N) is 1. The van der Waals surface area contributed by atoms with Gasteiger partial charge in [-0.1, -0.05) is 38.1 Å². The molecule has 2 aliphatic rings. The van der Waals surface area contributed by atoms with E-state index in [1.54, 1.807) is 12.1 Å². The van der Waals surface area contributed by atoms with Crippen LogP contribution in [0.5, 0.6) is 0 Å². The van der Waals surface area contributed by atoms with Crippen molar-refractivity contribution >= 4 is 17.6 Å². The Hall–Kier alpha value is -1.97. The topological polar surface area (TPSA) is 54.5 Å². The Balaban J connectivity index is 1.70. The number of fused-ring (bicyclic) bond motifs is 1.